The Bertz CT molecular complexity index is 400. The molecule has 5 nitrogen and oxygen atoms in total. The number of carbonyl (C=O) groups is 1. The van der Waals surface area contributed by atoms with Gasteiger partial charge in [-0.2, -0.15) is 0 Å². The van der Waals surface area contributed by atoms with Gasteiger partial charge >= 0.3 is 5.97 Å². The van der Waals surface area contributed by atoms with Gasteiger partial charge in [-0.25, -0.2) is 4.79 Å². The van der Waals surface area contributed by atoms with E-state index in [1.807, 2.05) is 13.0 Å². The molecule has 5 heteroatoms. The van der Waals surface area contributed by atoms with Crippen LogP contribution in [-0.4, -0.2) is 32.8 Å². The standard InChI is InChI=1S/C14H21NO4/c1-4-5-9-18-10-8-15-11(2)12-6-7-13(19-12)14(16)17-3/h4,6-7,11,15H,1,5,8-10H2,2-3H3. The first-order chi connectivity index (χ1) is 9.19. The SMILES string of the molecule is C=CCCOCCNC(C)c1ccc(C(=O)OC)o1. The Hall–Kier alpha value is -1.59. The zero-order valence-corrected chi connectivity index (χ0v) is 11.5. The van der Waals surface area contributed by atoms with Gasteiger partial charge in [-0.3, -0.25) is 0 Å². The average Bonchev–Trinajstić information content (AvgIpc) is 2.91. The Labute approximate surface area is 113 Å². The first-order valence-corrected chi connectivity index (χ1v) is 6.29. The molecular formula is C14H21NO4. The third kappa shape index (κ3) is 5.28. The Morgan fingerprint density at radius 2 is 2.32 bits per heavy atom. The predicted octanol–water partition coefficient (Wildman–Crippen LogP) is 2.31. The lowest BCUT2D eigenvalue weighted by molar-refractivity contribution is 0.0562. The second-order valence-electron chi connectivity index (χ2n) is 4.06. The smallest absolute Gasteiger partial charge is 0.373 e. The minimum absolute atomic E-state index is 0.0152. The maximum atomic E-state index is 11.2. The van der Waals surface area contributed by atoms with Crippen molar-refractivity contribution >= 4 is 5.97 Å². The Morgan fingerprint density at radius 1 is 1.53 bits per heavy atom. The van der Waals surface area contributed by atoms with Gasteiger partial charge in [0.1, 0.15) is 5.76 Å². The van der Waals surface area contributed by atoms with Crippen molar-refractivity contribution in [3.05, 3.63) is 36.3 Å². The normalized spacial score (nSPS) is 12.1. The summed E-state index contributed by atoms with van der Waals surface area (Å²) in [6.07, 6.45) is 2.68. The molecule has 0 aliphatic carbocycles. The van der Waals surface area contributed by atoms with Crippen molar-refractivity contribution in [1.82, 2.24) is 5.32 Å². The topological polar surface area (TPSA) is 60.7 Å². The van der Waals surface area contributed by atoms with Crippen LogP contribution in [0.5, 0.6) is 0 Å². The summed E-state index contributed by atoms with van der Waals surface area (Å²) < 4.78 is 15.4. The molecular weight excluding hydrogens is 246 g/mol. The summed E-state index contributed by atoms with van der Waals surface area (Å²) in [5.41, 5.74) is 0. The quantitative estimate of drug-likeness (QED) is 0.422. The van der Waals surface area contributed by atoms with E-state index in [0.29, 0.717) is 25.5 Å². The van der Waals surface area contributed by atoms with Crippen molar-refractivity contribution in [1.29, 1.82) is 0 Å². The number of hydrogen-bond donors (Lipinski definition) is 1. The average molecular weight is 267 g/mol. The van der Waals surface area contributed by atoms with E-state index in [1.165, 1.54) is 7.11 Å². The van der Waals surface area contributed by atoms with E-state index in [4.69, 9.17) is 9.15 Å². The van der Waals surface area contributed by atoms with Crippen molar-refractivity contribution in [2.45, 2.75) is 19.4 Å². The molecule has 1 N–H and O–H groups in total. The minimum atomic E-state index is -0.466. The van der Waals surface area contributed by atoms with Crippen LogP contribution >= 0.6 is 0 Å². The number of nitrogens with one attached hydrogen (secondary N) is 1. The first-order valence-electron chi connectivity index (χ1n) is 6.29. The van der Waals surface area contributed by atoms with Crippen LogP contribution in [0.1, 0.15) is 35.7 Å². The van der Waals surface area contributed by atoms with Crippen LogP contribution in [0.3, 0.4) is 0 Å². The molecule has 1 atom stereocenters. The van der Waals surface area contributed by atoms with E-state index in [9.17, 15) is 4.79 Å². The molecule has 0 spiro atoms. The van der Waals surface area contributed by atoms with Crippen molar-refractivity contribution in [3.8, 4) is 0 Å². The molecule has 1 heterocycles. The van der Waals surface area contributed by atoms with Crippen molar-refractivity contribution < 1.29 is 18.7 Å². The van der Waals surface area contributed by atoms with Crippen LogP contribution in [0.15, 0.2) is 29.2 Å². The summed E-state index contributed by atoms with van der Waals surface area (Å²) >= 11 is 0. The van der Waals surface area contributed by atoms with Gasteiger partial charge in [0.05, 0.1) is 26.4 Å². The first kappa shape index (κ1) is 15.5. The third-order valence-corrected chi connectivity index (χ3v) is 2.60. The fourth-order valence-corrected chi connectivity index (χ4v) is 1.51. The highest BCUT2D eigenvalue weighted by atomic mass is 16.5. The molecule has 1 unspecified atom stereocenters. The number of carbonyl (C=O) groups excluding carboxylic acids is 1. The van der Waals surface area contributed by atoms with E-state index in [2.05, 4.69) is 16.6 Å². The summed E-state index contributed by atoms with van der Waals surface area (Å²) in [6, 6.07) is 3.39. The van der Waals surface area contributed by atoms with Crippen LogP contribution in [0, 0.1) is 0 Å². The van der Waals surface area contributed by atoms with Gasteiger partial charge in [-0.05, 0) is 25.5 Å². The fourth-order valence-electron chi connectivity index (χ4n) is 1.51. The van der Waals surface area contributed by atoms with E-state index < -0.39 is 5.97 Å². The highest BCUT2D eigenvalue weighted by Crippen LogP contribution is 2.16. The molecule has 0 aliphatic rings. The predicted molar refractivity (Wildman–Crippen MR) is 72.1 cm³/mol. The lowest BCUT2D eigenvalue weighted by Gasteiger charge is -2.11. The van der Waals surface area contributed by atoms with Crippen molar-refractivity contribution in [2.24, 2.45) is 0 Å². The summed E-state index contributed by atoms with van der Waals surface area (Å²) in [6.45, 7) is 7.62. The molecule has 0 amide bonds. The lowest BCUT2D eigenvalue weighted by Crippen LogP contribution is -2.23. The van der Waals surface area contributed by atoms with Crippen LogP contribution in [0.2, 0.25) is 0 Å². The van der Waals surface area contributed by atoms with Crippen LogP contribution in [0.4, 0.5) is 0 Å². The minimum Gasteiger partial charge on any atom is -0.463 e. The molecule has 0 aliphatic heterocycles. The van der Waals surface area contributed by atoms with Gasteiger partial charge < -0.3 is 19.2 Å². The van der Waals surface area contributed by atoms with E-state index in [1.54, 1.807) is 12.1 Å². The molecule has 0 saturated carbocycles. The van der Waals surface area contributed by atoms with Gasteiger partial charge in [-0.15, -0.1) is 6.58 Å². The van der Waals surface area contributed by atoms with Crippen LogP contribution in [0.25, 0.3) is 0 Å². The maximum Gasteiger partial charge on any atom is 0.373 e. The van der Waals surface area contributed by atoms with E-state index in [0.717, 1.165) is 6.42 Å². The second kappa shape index (κ2) is 8.50. The lowest BCUT2D eigenvalue weighted by atomic mass is 10.2. The summed E-state index contributed by atoms with van der Waals surface area (Å²) in [5, 5.41) is 3.25. The highest BCUT2D eigenvalue weighted by molar-refractivity contribution is 5.86. The Kier molecular flexibility index (Phi) is 6.92. The molecule has 0 aromatic carbocycles. The Balaban J connectivity index is 2.29. The molecule has 1 rings (SSSR count). The van der Waals surface area contributed by atoms with E-state index in [-0.39, 0.29) is 11.8 Å². The number of methoxy groups -OCH3 is 1. The number of ether oxygens (including phenoxy) is 2. The van der Waals surface area contributed by atoms with Crippen LogP contribution in [-0.2, 0) is 9.47 Å². The maximum absolute atomic E-state index is 11.2. The number of hydrogen-bond acceptors (Lipinski definition) is 5. The molecule has 1 aromatic rings. The molecule has 19 heavy (non-hydrogen) atoms. The summed E-state index contributed by atoms with van der Waals surface area (Å²) in [4.78, 5) is 11.2. The van der Waals surface area contributed by atoms with Gasteiger partial charge in [-0.1, -0.05) is 6.08 Å². The van der Waals surface area contributed by atoms with Gasteiger partial charge in [0, 0.05) is 6.54 Å². The number of furan rings is 1. The monoisotopic (exact) mass is 267 g/mol. The van der Waals surface area contributed by atoms with Gasteiger partial charge in [0.2, 0.25) is 5.76 Å². The van der Waals surface area contributed by atoms with E-state index >= 15 is 0 Å². The van der Waals surface area contributed by atoms with Crippen molar-refractivity contribution in [3.63, 3.8) is 0 Å². The largest absolute Gasteiger partial charge is 0.463 e. The van der Waals surface area contributed by atoms with Crippen molar-refractivity contribution in [2.75, 3.05) is 26.9 Å². The summed E-state index contributed by atoms with van der Waals surface area (Å²) in [5.74, 6) is 0.450. The molecule has 0 fully saturated rings. The summed E-state index contributed by atoms with van der Waals surface area (Å²) in [7, 11) is 1.33. The third-order valence-electron chi connectivity index (χ3n) is 2.60. The van der Waals surface area contributed by atoms with Gasteiger partial charge in [0.25, 0.3) is 0 Å². The Morgan fingerprint density at radius 3 is 3.00 bits per heavy atom. The van der Waals surface area contributed by atoms with Crippen LogP contribution < -0.4 is 5.32 Å². The molecule has 1 aromatic heterocycles. The second-order valence-corrected chi connectivity index (χ2v) is 4.06. The van der Waals surface area contributed by atoms with Gasteiger partial charge in [0.15, 0.2) is 0 Å². The fraction of sp³-hybridized carbons (Fsp3) is 0.500. The number of rotatable bonds is 9. The zero-order chi connectivity index (χ0) is 14.1. The molecule has 106 valence electrons. The molecule has 0 saturated heterocycles. The number of esters is 1. The molecule has 0 bridgehead atoms. The highest BCUT2D eigenvalue weighted by Gasteiger charge is 2.14. The zero-order valence-electron chi connectivity index (χ0n) is 11.5. The molecule has 0 radical (unpaired) electrons.